The van der Waals surface area contributed by atoms with E-state index < -0.39 is 18.0 Å². The molecule has 0 aromatic heterocycles. The first kappa shape index (κ1) is 16.6. The second-order valence-corrected chi connectivity index (χ2v) is 4.71. The molecule has 0 aliphatic carbocycles. The predicted molar refractivity (Wildman–Crippen MR) is 80.8 cm³/mol. The highest BCUT2D eigenvalue weighted by Gasteiger charge is 2.21. The fraction of sp³-hybridized carbons (Fsp3) is 0.375. The number of urea groups is 1. The zero-order valence-electron chi connectivity index (χ0n) is 12.0. The Morgan fingerprint density at radius 3 is 2.48 bits per heavy atom. The third-order valence-electron chi connectivity index (χ3n) is 3.08. The maximum absolute atomic E-state index is 11.8. The second kappa shape index (κ2) is 8.64. The van der Waals surface area contributed by atoms with Gasteiger partial charge in [-0.05, 0) is 12.0 Å². The fourth-order valence-corrected chi connectivity index (χ4v) is 1.87. The van der Waals surface area contributed by atoms with E-state index in [0.717, 1.165) is 5.56 Å². The van der Waals surface area contributed by atoms with Crippen LogP contribution in [0, 0.1) is 12.3 Å². The molecule has 5 nitrogen and oxygen atoms in total. The van der Waals surface area contributed by atoms with Crippen LogP contribution >= 0.6 is 0 Å². The zero-order chi connectivity index (χ0) is 15.7. The van der Waals surface area contributed by atoms with E-state index in [1.54, 1.807) is 0 Å². The highest BCUT2D eigenvalue weighted by molar-refractivity contribution is 5.82. The van der Waals surface area contributed by atoms with Gasteiger partial charge in [-0.1, -0.05) is 37.3 Å². The van der Waals surface area contributed by atoms with Crippen LogP contribution in [0.4, 0.5) is 4.79 Å². The summed E-state index contributed by atoms with van der Waals surface area (Å²) in [6.45, 7) is 1.90. The third-order valence-corrected chi connectivity index (χ3v) is 3.08. The molecule has 0 heterocycles. The number of rotatable bonds is 7. The molecule has 1 aromatic rings. The van der Waals surface area contributed by atoms with Gasteiger partial charge in [0.05, 0.1) is 0 Å². The molecule has 1 aromatic carbocycles. The average molecular weight is 288 g/mol. The van der Waals surface area contributed by atoms with Gasteiger partial charge in [-0.25, -0.2) is 9.59 Å². The van der Waals surface area contributed by atoms with Gasteiger partial charge in [0.1, 0.15) is 6.04 Å². The van der Waals surface area contributed by atoms with Gasteiger partial charge in [0, 0.05) is 18.9 Å². The largest absolute Gasteiger partial charge is 0.480 e. The van der Waals surface area contributed by atoms with Crippen LogP contribution in [-0.2, 0) is 11.2 Å². The molecule has 1 rings (SSSR count). The smallest absolute Gasteiger partial charge is 0.326 e. The number of benzene rings is 1. The van der Waals surface area contributed by atoms with Crippen LogP contribution in [0.2, 0.25) is 0 Å². The summed E-state index contributed by atoms with van der Waals surface area (Å²) in [4.78, 5) is 23.1. The first-order valence-electron chi connectivity index (χ1n) is 6.84. The van der Waals surface area contributed by atoms with Crippen molar-refractivity contribution >= 4 is 12.0 Å². The Morgan fingerprint density at radius 2 is 1.95 bits per heavy atom. The Kier molecular flexibility index (Phi) is 6.82. The molecule has 0 saturated heterocycles. The van der Waals surface area contributed by atoms with Crippen LogP contribution in [0.1, 0.15) is 25.3 Å². The lowest BCUT2D eigenvalue weighted by Gasteiger charge is -2.19. The first-order chi connectivity index (χ1) is 10.1. The summed E-state index contributed by atoms with van der Waals surface area (Å²) in [5, 5.41) is 14.4. The van der Waals surface area contributed by atoms with E-state index in [4.69, 9.17) is 6.42 Å². The maximum atomic E-state index is 11.8. The lowest BCUT2D eigenvalue weighted by atomic mass is 10.1. The van der Waals surface area contributed by atoms with Gasteiger partial charge in [0.15, 0.2) is 0 Å². The number of terminal acetylenes is 1. The van der Waals surface area contributed by atoms with E-state index in [-0.39, 0.29) is 12.5 Å². The minimum absolute atomic E-state index is 0.152. The van der Waals surface area contributed by atoms with E-state index in [9.17, 15) is 14.7 Å². The van der Waals surface area contributed by atoms with E-state index in [1.165, 1.54) is 0 Å². The highest BCUT2D eigenvalue weighted by atomic mass is 16.4. The van der Waals surface area contributed by atoms with Crippen molar-refractivity contribution in [2.75, 3.05) is 0 Å². The van der Waals surface area contributed by atoms with E-state index in [2.05, 4.69) is 16.6 Å². The van der Waals surface area contributed by atoms with Crippen LogP contribution in [0.15, 0.2) is 30.3 Å². The van der Waals surface area contributed by atoms with Crippen molar-refractivity contribution in [3.8, 4) is 12.3 Å². The third kappa shape index (κ3) is 6.00. The van der Waals surface area contributed by atoms with Crippen LogP contribution < -0.4 is 10.6 Å². The SMILES string of the molecule is C#CCC(CC)NC(=O)N[C@H](Cc1ccccc1)C(=O)O. The normalized spacial score (nSPS) is 12.8. The molecule has 2 atom stereocenters. The van der Waals surface area contributed by atoms with Gasteiger partial charge < -0.3 is 15.7 Å². The Morgan fingerprint density at radius 1 is 1.29 bits per heavy atom. The quantitative estimate of drug-likeness (QED) is 0.669. The minimum atomic E-state index is -1.07. The summed E-state index contributed by atoms with van der Waals surface area (Å²) in [5.41, 5.74) is 0.848. The van der Waals surface area contributed by atoms with Crippen LogP contribution in [0.25, 0.3) is 0 Å². The average Bonchev–Trinajstić information content (AvgIpc) is 2.47. The Bertz CT molecular complexity index is 508. The molecule has 0 fully saturated rings. The summed E-state index contributed by atoms with van der Waals surface area (Å²) >= 11 is 0. The van der Waals surface area contributed by atoms with Gasteiger partial charge in [-0.3, -0.25) is 0 Å². The molecule has 3 N–H and O–H groups in total. The summed E-state index contributed by atoms with van der Waals surface area (Å²) in [5.74, 6) is 1.41. The summed E-state index contributed by atoms with van der Waals surface area (Å²) in [7, 11) is 0. The molecule has 0 aliphatic rings. The van der Waals surface area contributed by atoms with Gasteiger partial charge in [-0.2, -0.15) is 0 Å². The molecular weight excluding hydrogens is 268 g/mol. The van der Waals surface area contributed by atoms with Crippen LogP contribution in [-0.4, -0.2) is 29.2 Å². The van der Waals surface area contributed by atoms with Crippen molar-refractivity contribution in [1.29, 1.82) is 0 Å². The van der Waals surface area contributed by atoms with Crippen molar-refractivity contribution in [3.05, 3.63) is 35.9 Å². The van der Waals surface area contributed by atoms with E-state index in [1.807, 2.05) is 37.3 Å². The monoisotopic (exact) mass is 288 g/mol. The van der Waals surface area contributed by atoms with Crippen LogP contribution in [0.3, 0.4) is 0 Å². The molecule has 5 heteroatoms. The summed E-state index contributed by atoms with van der Waals surface area (Å²) < 4.78 is 0. The Balaban J connectivity index is 2.60. The second-order valence-electron chi connectivity index (χ2n) is 4.71. The Labute approximate surface area is 124 Å². The zero-order valence-corrected chi connectivity index (χ0v) is 12.0. The number of hydrogen-bond donors (Lipinski definition) is 3. The van der Waals surface area contributed by atoms with Gasteiger partial charge in [0.2, 0.25) is 0 Å². The molecule has 21 heavy (non-hydrogen) atoms. The van der Waals surface area contributed by atoms with Gasteiger partial charge >= 0.3 is 12.0 Å². The lowest BCUT2D eigenvalue weighted by molar-refractivity contribution is -0.139. The van der Waals surface area contributed by atoms with Crippen LogP contribution in [0.5, 0.6) is 0 Å². The fourth-order valence-electron chi connectivity index (χ4n) is 1.87. The number of carbonyl (C=O) groups is 2. The number of aliphatic carboxylic acids is 1. The highest BCUT2D eigenvalue weighted by Crippen LogP contribution is 2.04. The lowest BCUT2D eigenvalue weighted by Crippen LogP contribution is -2.49. The summed E-state index contributed by atoms with van der Waals surface area (Å²) in [6.07, 6.45) is 6.55. The molecule has 0 saturated carbocycles. The van der Waals surface area contributed by atoms with Crippen molar-refractivity contribution in [3.63, 3.8) is 0 Å². The van der Waals surface area contributed by atoms with Crippen molar-refractivity contribution in [2.24, 2.45) is 0 Å². The number of amides is 2. The molecule has 0 aliphatic heterocycles. The molecule has 0 radical (unpaired) electrons. The predicted octanol–water partition coefficient (Wildman–Crippen LogP) is 1.78. The number of carboxylic acid groups (broad SMARTS) is 1. The molecular formula is C16H20N2O3. The van der Waals surface area contributed by atoms with Crippen molar-refractivity contribution in [2.45, 2.75) is 38.3 Å². The van der Waals surface area contributed by atoms with Crippen molar-refractivity contribution in [1.82, 2.24) is 10.6 Å². The summed E-state index contributed by atoms with van der Waals surface area (Å²) in [6, 6.07) is 7.51. The molecule has 0 bridgehead atoms. The number of carboxylic acids is 1. The topological polar surface area (TPSA) is 78.4 Å². The standard InChI is InChI=1S/C16H20N2O3/c1-3-8-13(4-2)17-16(21)18-14(15(19)20)11-12-9-6-5-7-10-12/h1,5-7,9-10,13-14H,4,8,11H2,2H3,(H,19,20)(H2,17,18,21)/t13?,14-/m1/s1. The minimum Gasteiger partial charge on any atom is -0.480 e. The van der Waals surface area contributed by atoms with E-state index >= 15 is 0 Å². The number of carbonyl (C=O) groups excluding carboxylic acids is 1. The number of nitrogens with one attached hydrogen (secondary N) is 2. The maximum Gasteiger partial charge on any atom is 0.326 e. The van der Waals surface area contributed by atoms with Gasteiger partial charge in [-0.15, -0.1) is 12.3 Å². The molecule has 2 amide bonds. The molecule has 112 valence electrons. The molecule has 1 unspecified atom stereocenters. The van der Waals surface area contributed by atoms with Gasteiger partial charge in [0.25, 0.3) is 0 Å². The van der Waals surface area contributed by atoms with E-state index in [0.29, 0.717) is 12.8 Å². The van der Waals surface area contributed by atoms with Crippen molar-refractivity contribution < 1.29 is 14.7 Å². The number of hydrogen-bond acceptors (Lipinski definition) is 2. The Hall–Kier alpha value is -2.48. The first-order valence-corrected chi connectivity index (χ1v) is 6.84. The molecule has 0 spiro atoms.